The van der Waals surface area contributed by atoms with E-state index < -0.39 is 6.09 Å². The summed E-state index contributed by atoms with van der Waals surface area (Å²) in [6.07, 6.45) is 2.17. The summed E-state index contributed by atoms with van der Waals surface area (Å²) in [5.74, 6) is -0.254. The lowest BCUT2D eigenvalue weighted by Gasteiger charge is -2.13. The number of rotatable bonds is 3. The summed E-state index contributed by atoms with van der Waals surface area (Å²) in [7, 11) is 0. The highest BCUT2D eigenvalue weighted by Gasteiger charge is 2.26. The first-order valence-corrected chi connectivity index (χ1v) is 8.52. The van der Waals surface area contributed by atoms with Crippen molar-refractivity contribution in [3.8, 4) is 11.1 Å². The molecule has 27 heavy (non-hydrogen) atoms. The summed E-state index contributed by atoms with van der Waals surface area (Å²) in [6.45, 7) is 0.646. The predicted octanol–water partition coefficient (Wildman–Crippen LogP) is 3.99. The van der Waals surface area contributed by atoms with Crippen molar-refractivity contribution in [2.24, 2.45) is 0 Å². The third-order valence-corrected chi connectivity index (χ3v) is 4.59. The molecule has 0 atom stereocenters. The van der Waals surface area contributed by atoms with E-state index in [1.54, 1.807) is 18.3 Å². The van der Waals surface area contributed by atoms with E-state index in [4.69, 9.17) is 0 Å². The number of pyridine rings is 1. The Balaban J connectivity index is 1.73. The van der Waals surface area contributed by atoms with Crippen LogP contribution in [-0.4, -0.2) is 27.0 Å². The number of amides is 2. The van der Waals surface area contributed by atoms with Crippen LogP contribution in [-0.2, 0) is 13.1 Å². The Bertz CT molecular complexity index is 1000. The highest BCUT2D eigenvalue weighted by Crippen LogP contribution is 2.35. The second-order valence-electron chi connectivity index (χ2n) is 6.36. The molecule has 0 saturated carbocycles. The quantitative estimate of drug-likeness (QED) is 0.741. The molecule has 4 rings (SSSR count). The molecule has 6 nitrogen and oxygen atoms in total. The zero-order chi connectivity index (χ0) is 18.8. The van der Waals surface area contributed by atoms with Crippen LogP contribution in [0.4, 0.5) is 10.5 Å². The van der Waals surface area contributed by atoms with E-state index in [9.17, 15) is 14.7 Å². The molecule has 6 heteroatoms. The number of carbonyl (C=O) groups is 2. The zero-order valence-electron chi connectivity index (χ0n) is 14.4. The first-order chi connectivity index (χ1) is 13.1. The highest BCUT2D eigenvalue weighted by molar-refractivity contribution is 6.04. The summed E-state index contributed by atoms with van der Waals surface area (Å²) in [6, 6.07) is 16.9. The summed E-state index contributed by atoms with van der Waals surface area (Å²) >= 11 is 0. The van der Waals surface area contributed by atoms with Gasteiger partial charge in [-0.3, -0.25) is 14.7 Å². The first kappa shape index (κ1) is 16.8. The van der Waals surface area contributed by atoms with Gasteiger partial charge in [0.25, 0.3) is 5.91 Å². The van der Waals surface area contributed by atoms with Gasteiger partial charge in [0.2, 0.25) is 0 Å². The molecule has 1 aliphatic heterocycles. The molecule has 0 bridgehead atoms. The standard InChI is InChI=1S/C21H17N3O3/c25-20(15-7-4-8-22-11-15)23-17-9-16-12-24(21(26)27)13-19(16)18(10-17)14-5-2-1-3-6-14/h1-11H,12-13H2,(H,23,25)(H,26,27). The van der Waals surface area contributed by atoms with Gasteiger partial charge in [0.1, 0.15) is 0 Å². The smallest absolute Gasteiger partial charge is 0.407 e. The largest absolute Gasteiger partial charge is 0.465 e. The van der Waals surface area contributed by atoms with Gasteiger partial charge in [-0.25, -0.2) is 4.79 Å². The van der Waals surface area contributed by atoms with Crippen molar-refractivity contribution in [1.82, 2.24) is 9.88 Å². The van der Waals surface area contributed by atoms with Crippen LogP contribution >= 0.6 is 0 Å². The van der Waals surface area contributed by atoms with Crippen LogP contribution < -0.4 is 5.32 Å². The molecule has 3 aromatic rings. The minimum absolute atomic E-state index is 0.254. The lowest BCUT2D eigenvalue weighted by Crippen LogP contribution is -2.22. The SMILES string of the molecule is O=C(Nc1cc2c(c(-c3ccccc3)c1)CN(C(=O)O)C2)c1cccnc1. The highest BCUT2D eigenvalue weighted by atomic mass is 16.4. The van der Waals surface area contributed by atoms with Gasteiger partial charge in [0.05, 0.1) is 12.1 Å². The number of nitrogens with zero attached hydrogens (tertiary/aromatic N) is 2. The maximum absolute atomic E-state index is 12.5. The van der Waals surface area contributed by atoms with Crippen molar-refractivity contribution < 1.29 is 14.7 Å². The number of nitrogens with one attached hydrogen (secondary N) is 1. The molecule has 0 radical (unpaired) electrons. The fourth-order valence-corrected chi connectivity index (χ4v) is 3.30. The third-order valence-electron chi connectivity index (χ3n) is 4.59. The van der Waals surface area contributed by atoms with Crippen molar-refractivity contribution in [3.63, 3.8) is 0 Å². The van der Waals surface area contributed by atoms with E-state index in [0.29, 0.717) is 24.3 Å². The maximum atomic E-state index is 12.5. The topological polar surface area (TPSA) is 82.5 Å². The summed E-state index contributed by atoms with van der Waals surface area (Å²) in [5, 5.41) is 12.3. The molecule has 2 aromatic carbocycles. The van der Waals surface area contributed by atoms with Crippen molar-refractivity contribution in [3.05, 3.63) is 83.7 Å². The minimum Gasteiger partial charge on any atom is -0.465 e. The van der Waals surface area contributed by atoms with Crippen molar-refractivity contribution >= 4 is 17.7 Å². The molecule has 134 valence electrons. The third kappa shape index (κ3) is 3.37. The maximum Gasteiger partial charge on any atom is 0.407 e. The van der Waals surface area contributed by atoms with Gasteiger partial charge in [-0.05, 0) is 46.5 Å². The van der Waals surface area contributed by atoms with Crippen LogP contribution in [0.1, 0.15) is 21.5 Å². The number of carbonyl (C=O) groups excluding carboxylic acids is 1. The number of benzene rings is 2. The molecular formula is C21H17N3O3. The van der Waals surface area contributed by atoms with Crippen LogP contribution in [0.25, 0.3) is 11.1 Å². The van der Waals surface area contributed by atoms with Gasteiger partial charge in [-0.2, -0.15) is 0 Å². The lowest BCUT2D eigenvalue weighted by atomic mass is 9.96. The van der Waals surface area contributed by atoms with Crippen LogP contribution in [0, 0.1) is 0 Å². The van der Waals surface area contributed by atoms with Gasteiger partial charge in [-0.15, -0.1) is 0 Å². The van der Waals surface area contributed by atoms with E-state index in [0.717, 1.165) is 22.3 Å². The molecule has 0 saturated heterocycles. The second kappa shape index (κ2) is 6.92. The normalized spacial score (nSPS) is 12.5. The Morgan fingerprint density at radius 1 is 1.04 bits per heavy atom. The van der Waals surface area contributed by atoms with E-state index in [1.807, 2.05) is 42.5 Å². The number of carboxylic acid groups (broad SMARTS) is 1. The number of hydrogen-bond acceptors (Lipinski definition) is 3. The first-order valence-electron chi connectivity index (χ1n) is 8.52. The van der Waals surface area contributed by atoms with Gasteiger partial charge in [-0.1, -0.05) is 30.3 Å². The number of hydrogen-bond donors (Lipinski definition) is 2. The van der Waals surface area contributed by atoms with Gasteiger partial charge >= 0.3 is 6.09 Å². The van der Waals surface area contributed by atoms with Crippen molar-refractivity contribution in [2.75, 3.05) is 5.32 Å². The van der Waals surface area contributed by atoms with E-state index in [1.165, 1.54) is 11.1 Å². The number of anilines is 1. The molecule has 1 aromatic heterocycles. The van der Waals surface area contributed by atoms with E-state index in [-0.39, 0.29) is 5.91 Å². The monoisotopic (exact) mass is 359 g/mol. The fourth-order valence-electron chi connectivity index (χ4n) is 3.30. The lowest BCUT2D eigenvalue weighted by molar-refractivity contribution is 0.102. The number of aromatic nitrogens is 1. The molecule has 2 amide bonds. The van der Waals surface area contributed by atoms with Crippen LogP contribution in [0.2, 0.25) is 0 Å². The number of fused-ring (bicyclic) bond motifs is 1. The van der Waals surface area contributed by atoms with Gasteiger partial charge in [0.15, 0.2) is 0 Å². The molecular weight excluding hydrogens is 342 g/mol. The van der Waals surface area contributed by atoms with Gasteiger partial charge in [0, 0.05) is 24.6 Å². The Hall–Kier alpha value is -3.67. The fraction of sp³-hybridized carbons (Fsp3) is 0.0952. The molecule has 0 spiro atoms. The summed E-state index contributed by atoms with van der Waals surface area (Å²) in [4.78, 5) is 29.2. The predicted molar refractivity (Wildman–Crippen MR) is 101 cm³/mol. The Morgan fingerprint density at radius 2 is 1.85 bits per heavy atom. The molecule has 0 unspecified atom stereocenters. The van der Waals surface area contributed by atoms with Gasteiger partial charge < -0.3 is 10.4 Å². The van der Waals surface area contributed by atoms with Crippen LogP contribution in [0.3, 0.4) is 0 Å². The van der Waals surface area contributed by atoms with Crippen LogP contribution in [0.5, 0.6) is 0 Å². The molecule has 2 heterocycles. The Morgan fingerprint density at radius 3 is 2.56 bits per heavy atom. The second-order valence-corrected chi connectivity index (χ2v) is 6.36. The van der Waals surface area contributed by atoms with E-state index in [2.05, 4.69) is 10.3 Å². The zero-order valence-corrected chi connectivity index (χ0v) is 14.4. The average molecular weight is 359 g/mol. The molecule has 1 aliphatic rings. The molecule has 0 fully saturated rings. The van der Waals surface area contributed by atoms with Crippen LogP contribution in [0.15, 0.2) is 67.0 Å². The van der Waals surface area contributed by atoms with E-state index >= 15 is 0 Å². The van der Waals surface area contributed by atoms with Crippen molar-refractivity contribution in [1.29, 1.82) is 0 Å². The Labute approximate surface area is 156 Å². The summed E-state index contributed by atoms with van der Waals surface area (Å²) < 4.78 is 0. The summed E-state index contributed by atoms with van der Waals surface area (Å²) in [5.41, 5.74) is 4.89. The minimum atomic E-state index is -0.953. The molecule has 0 aliphatic carbocycles. The average Bonchev–Trinajstić information content (AvgIpc) is 3.13. The Kier molecular flexibility index (Phi) is 4.30. The van der Waals surface area contributed by atoms with Crippen molar-refractivity contribution in [2.45, 2.75) is 13.1 Å². The molecule has 2 N–H and O–H groups in total.